The quantitative estimate of drug-likeness (QED) is 0.146. The van der Waals surface area contributed by atoms with E-state index in [0.29, 0.717) is 13.2 Å². The molecule has 0 heterocycles. The molecule has 0 amide bonds. The van der Waals surface area contributed by atoms with Gasteiger partial charge in [-0.3, -0.25) is 4.91 Å². The van der Waals surface area contributed by atoms with Gasteiger partial charge in [0.1, 0.15) is 0 Å². The van der Waals surface area contributed by atoms with Gasteiger partial charge in [0, 0.05) is 30.6 Å². The van der Waals surface area contributed by atoms with Crippen molar-refractivity contribution in [1.82, 2.24) is 0 Å². The molecule has 0 spiro atoms. The number of halogens is 1. The molecule has 0 atom stereocenters. The second kappa shape index (κ2) is 37.2. The molecule has 0 aromatic carbocycles. The number of alkyl halides is 1. The summed E-state index contributed by atoms with van der Waals surface area (Å²) in [6.07, 6.45) is 8.14. The zero-order valence-electron chi connectivity index (χ0n) is 13.4. The molecule has 8 nitrogen and oxygen atoms in total. The Kier molecular flexibility index (Phi) is 50.4. The topological polar surface area (TPSA) is 148 Å². The first kappa shape index (κ1) is 29.8. The molecule has 0 aromatic rings. The normalized spacial score (nSPS) is 7.95. The Morgan fingerprint density at radius 1 is 0.773 bits per heavy atom. The van der Waals surface area contributed by atoms with Gasteiger partial charge in [0.15, 0.2) is 0 Å². The molecule has 0 saturated carbocycles. The van der Waals surface area contributed by atoms with Crippen LogP contribution in [0.2, 0.25) is 0 Å². The molecule has 0 aliphatic rings. The van der Waals surface area contributed by atoms with Gasteiger partial charge < -0.3 is 21.3 Å². The number of hydrogen-bond donors (Lipinski definition) is 2. The van der Waals surface area contributed by atoms with Crippen molar-refractivity contribution < 1.29 is 39.8 Å². The summed E-state index contributed by atoms with van der Waals surface area (Å²) >= 11 is 5.42. The Labute approximate surface area is 159 Å². The van der Waals surface area contributed by atoms with Crippen molar-refractivity contribution in [2.24, 2.45) is 5.11 Å². The second-order valence-corrected chi connectivity index (χ2v) is 4.39. The van der Waals surface area contributed by atoms with Crippen molar-refractivity contribution in [3.63, 3.8) is 0 Å². The minimum Gasteiger partial charge on any atom is -0.396 e. The van der Waals surface area contributed by atoms with E-state index in [2.05, 4.69) is 10.0 Å². The summed E-state index contributed by atoms with van der Waals surface area (Å²) in [5.74, 6) is 0.755. The van der Waals surface area contributed by atoms with Crippen molar-refractivity contribution in [3.05, 3.63) is 26.4 Å². The van der Waals surface area contributed by atoms with Crippen molar-refractivity contribution in [3.8, 4) is 0 Å². The summed E-state index contributed by atoms with van der Waals surface area (Å²) < 4.78 is 0. The second-order valence-electron chi connectivity index (χ2n) is 4.01. The summed E-state index contributed by atoms with van der Waals surface area (Å²) in [4.78, 5) is 4.13. The van der Waals surface area contributed by atoms with E-state index in [4.69, 9.17) is 38.4 Å². The third-order valence-electron chi connectivity index (χ3n) is 2.27. The van der Waals surface area contributed by atoms with Gasteiger partial charge in [-0.25, -0.2) is 0 Å². The molecule has 0 radical (unpaired) electrons. The van der Waals surface area contributed by atoms with E-state index in [-0.39, 0.29) is 36.2 Å². The SMILES string of the molecule is OCCCCCCCl.[N-]=[N+]=NCCCCCCO.[N-]=[N+]=[N-].[Na+]. The summed E-state index contributed by atoms with van der Waals surface area (Å²) in [6.45, 7) is 1.17. The van der Waals surface area contributed by atoms with Crippen LogP contribution in [0.1, 0.15) is 51.4 Å². The standard InChI is InChI=1S/C6H13ClO.C6H13N3O.N3.Na/c7-5-3-1-2-4-6-8;7-9-8-5-3-1-2-4-6-10;1-3-2;/h8H,1-6H2;10H,1-6H2;;/q;;-1;+1. The number of unbranched alkanes of at least 4 members (excludes halogenated alkanes) is 6. The largest absolute Gasteiger partial charge is 1.00 e. The number of aliphatic hydroxyl groups excluding tert-OH is 2. The van der Waals surface area contributed by atoms with Gasteiger partial charge in [0.2, 0.25) is 0 Å². The molecule has 0 aliphatic carbocycles. The summed E-state index contributed by atoms with van der Waals surface area (Å²) in [7, 11) is 0. The number of nitrogens with zero attached hydrogens (tertiary/aromatic N) is 6. The zero-order valence-corrected chi connectivity index (χ0v) is 16.2. The van der Waals surface area contributed by atoms with Gasteiger partial charge >= 0.3 is 29.6 Å². The van der Waals surface area contributed by atoms with Gasteiger partial charge in [-0.1, -0.05) is 30.8 Å². The maximum atomic E-state index is 8.39. The fraction of sp³-hybridized carbons (Fsp3) is 1.00. The Morgan fingerprint density at radius 3 is 1.55 bits per heavy atom. The first-order valence-electron chi connectivity index (χ1n) is 7.02. The fourth-order valence-electron chi connectivity index (χ4n) is 1.25. The van der Waals surface area contributed by atoms with Crippen molar-refractivity contribution in [1.29, 1.82) is 0 Å². The smallest absolute Gasteiger partial charge is 0.396 e. The molecule has 0 unspecified atom stereocenters. The first-order chi connectivity index (χ1) is 10.2. The van der Waals surface area contributed by atoms with Crippen LogP contribution in [0, 0.1) is 0 Å². The average molecular weight is 345 g/mol. The number of rotatable bonds is 11. The fourth-order valence-corrected chi connectivity index (χ4v) is 1.44. The third-order valence-corrected chi connectivity index (χ3v) is 2.54. The number of aliphatic hydroxyl groups is 2. The molecule has 2 N–H and O–H groups in total. The predicted octanol–water partition coefficient (Wildman–Crippen LogP) is 1.50. The van der Waals surface area contributed by atoms with Gasteiger partial charge in [-0.15, -0.1) is 11.6 Å². The van der Waals surface area contributed by atoms with Crippen molar-refractivity contribution in [2.45, 2.75) is 51.4 Å². The van der Waals surface area contributed by atoms with Crippen LogP contribution >= 0.6 is 11.6 Å². The molecular formula is C12H26ClN6NaO2. The van der Waals surface area contributed by atoms with Crippen molar-refractivity contribution in [2.75, 3.05) is 25.6 Å². The van der Waals surface area contributed by atoms with Crippen LogP contribution < -0.4 is 29.6 Å². The summed E-state index contributed by atoms with van der Waals surface area (Å²) in [6, 6.07) is 0. The van der Waals surface area contributed by atoms with Crippen LogP contribution in [0.15, 0.2) is 5.11 Å². The predicted molar refractivity (Wildman–Crippen MR) is 85.9 cm³/mol. The van der Waals surface area contributed by atoms with E-state index in [9.17, 15) is 0 Å². The maximum Gasteiger partial charge on any atom is 1.00 e. The van der Waals surface area contributed by atoms with Crippen LogP contribution in [0.4, 0.5) is 0 Å². The molecule has 124 valence electrons. The molecule has 0 aromatic heterocycles. The molecule has 0 bridgehead atoms. The van der Waals surface area contributed by atoms with Gasteiger partial charge in [0.05, 0.1) is 0 Å². The molecule has 0 fully saturated rings. The van der Waals surface area contributed by atoms with E-state index < -0.39 is 0 Å². The minimum absolute atomic E-state index is 0. The Bertz CT molecular complexity index is 256. The maximum absolute atomic E-state index is 8.39. The molecule has 0 rings (SSSR count). The summed E-state index contributed by atoms with van der Waals surface area (Å²) in [5, 5.41) is 20.1. The van der Waals surface area contributed by atoms with Gasteiger partial charge in [0.25, 0.3) is 0 Å². The molecule has 0 saturated heterocycles. The zero-order chi connectivity index (χ0) is 16.6. The van der Waals surface area contributed by atoms with E-state index in [0.717, 1.165) is 57.2 Å². The van der Waals surface area contributed by atoms with E-state index in [1.165, 1.54) is 4.91 Å². The van der Waals surface area contributed by atoms with Gasteiger partial charge in [-0.2, -0.15) is 0 Å². The van der Waals surface area contributed by atoms with E-state index in [1.807, 2.05) is 0 Å². The van der Waals surface area contributed by atoms with Gasteiger partial charge in [-0.05, 0) is 31.2 Å². The average Bonchev–Trinajstić information content (AvgIpc) is 2.49. The number of azide groups is 1. The van der Waals surface area contributed by atoms with E-state index in [1.54, 1.807) is 0 Å². The third kappa shape index (κ3) is 50.2. The Balaban J connectivity index is -0.000000122. The monoisotopic (exact) mass is 344 g/mol. The van der Waals surface area contributed by atoms with Crippen LogP contribution in [0.3, 0.4) is 0 Å². The minimum atomic E-state index is 0. The van der Waals surface area contributed by atoms with Crippen LogP contribution in [0.25, 0.3) is 26.4 Å². The summed E-state index contributed by atoms with van der Waals surface area (Å²) in [5.41, 5.74) is 21.4. The van der Waals surface area contributed by atoms with Crippen molar-refractivity contribution >= 4 is 11.6 Å². The Hall–Kier alpha value is -0.170. The van der Waals surface area contributed by atoms with Crippen LogP contribution in [-0.2, 0) is 0 Å². The van der Waals surface area contributed by atoms with E-state index >= 15 is 0 Å². The first-order valence-corrected chi connectivity index (χ1v) is 7.55. The molecular weight excluding hydrogens is 319 g/mol. The Morgan fingerprint density at radius 2 is 1.18 bits per heavy atom. The molecule has 0 aliphatic heterocycles. The molecule has 22 heavy (non-hydrogen) atoms. The number of hydrogen-bond acceptors (Lipinski definition) is 3. The van der Waals surface area contributed by atoms with Crippen LogP contribution in [-0.4, -0.2) is 35.9 Å². The molecule has 10 heteroatoms. The van der Waals surface area contributed by atoms with Crippen LogP contribution in [0.5, 0.6) is 0 Å².